The van der Waals surface area contributed by atoms with E-state index in [0.717, 1.165) is 31.2 Å². The molecule has 5 unspecified atom stereocenters. The summed E-state index contributed by atoms with van der Waals surface area (Å²) in [6.07, 6.45) is 8.15. The summed E-state index contributed by atoms with van der Waals surface area (Å²) in [6.45, 7) is 8.14. The predicted molar refractivity (Wildman–Crippen MR) is 159 cm³/mol. The summed E-state index contributed by atoms with van der Waals surface area (Å²) in [5.41, 5.74) is 4.08. The number of esters is 1. The van der Waals surface area contributed by atoms with Gasteiger partial charge in [-0.15, -0.1) is 0 Å². The molecule has 2 aromatic rings. The van der Waals surface area contributed by atoms with Crippen LogP contribution in [0.2, 0.25) is 0 Å². The van der Waals surface area contributed by atoms with E-state index < -0.39 is 5.79 Å². The largest absolute Gasteiger partial charge is 0.497 e. The van der Waals surface area contributed by atoms with Crippen LogP contribution in [0.3, 0.4) is 0 Å². The number of carbonyl (C=O) groups is 1. The molecule has 0 radical (unpaired) electrons. The van der Waals surface area contributed by atoms with E-state index in [0.29, 0.717) is 45.5 Å². The number of allylic oxidation sites excluding steroid dienone is 2. The molecule has 228 valence electrons. The zero-order valence-electron chi connectivity index (χ0n) is 25.2. The Hall–Kier alpha value is -3.95. The molecular formula is C34H38O9. The van der Waals surface area contributed by atoms with Crippen LogP contribution in [0.15, 0.2) is 54.1 Å². The lowest BCUT2D eigenvalue weighted by Crippen LogP contribution is -2.47. The van der Waals surface area contributed by atoms with Gasteiger partial charge in [-0.05, 0) is 63.8 Å². The predicted octanol–water partition coefficient (Wildman–Crippen LogP) is 5.49. The van der Waals surface area contributed by atoms with Crippen molar-refractivity contribution in [3.63, 3.8) is 0 Å². The Morgan fingerprint density at radius 2 is 1.81 bits per heavy atom. The molecule has 0 spiro atoms. The van der Waals surface area contributed by atoms with Crippen molar-refractivity contribution in [2.75, 3.05) is 27.9 Å². The summed E-state index contributed by atoms with van der Waals surface area (Å²) in [5.74, 6) is 1.24. The highest BCUT2D eigenvalue weighted by atomic mass is 16.7. The summed E-state index contributed by atoms with van der Waals surface area (Å²) in [5, 5.41) is 11.0. The fraction of sp³-hybridized carbons (Fsp3) is 0.441. The number of rotatable bonds is 3. The van der Waals surface area contributed by atoms with Gasteiger partial charge in [-0.25, -0.2) is 4.79 Å². The Labute approximate surface area is 251 Å². The van der Waals surface area contributed by atoms with Gasteiger partial charge in [0.2, 0.25) is 0 Å². The molecular weight excluding hydrogens is 552 g/mol. The van der Waals surface area contributed by atoms with E-state index in [4.69, 9.17) is 33.2 Å². The Balaban J connectivity index is 0.000000162. The normalized spacial score (nSPS) is 30.0. The van der Waals surface area contributed by atoms with Crippen LogP contribution in [0, 0.1) is 5.92 Å². The van der Waals surface area contributed by atoms with Crippen LogP contribution in [0.5, 0.6) is 28.7 Å². The Morgan fingerprint density at radius 3 is 2.56 bits per heavy atom. The molecule has 2 saturated heterocycles. The van der Waals surface area contributed by atoms with Gasteiger partial charge in [0.05, 0.1) is 26.9 Å². The quantitative estimate of drug-likeness (QED) is 0.215. The van der Waals surface area contributed by atoms with E-state index in [1.54, 1.807) is 39.5 Å². The molecule has 5 atom stereocenters. The fourth-order valence-electron chi connectivity index (χ4n) is 6.32. The summed E-state index contributed by atoms with van der Waals surface area (Å²) < 4.78 is 38.8. The number of epoxide rings is 1. The van der Waals surface area contributed by atoms with Crippen LogP contribution in [0.25, 0.3) is 11.6 Å². The molecule has 1 aliphatic carbocycles. The second-order valence-corrected chi connectivity index (χ2v) is 11.8. The summed E-state index contributed by atoms with van der Waals surface area (Å²) >= 11 is 0. The van der Waals surface area contributed by atoms with Gasteiger partial charge in [-0.1, -0.05) is 18.2 Å². The SMILES string of the molecule is C=C1C(=O)OC2C1CCC(C)=CCCC1(C)OC21.COc1ccc2c(c1)OC1(O)COc3cc(OC)c(OC)cc3C1=C2. The molecule has 4 heterocycles. The number of hydrogen-bond acceptors (Lipinski definition) is 9. The van der Waals surface area contributed by atoms with E-state index in [2.05, 4.69) is 26.5 Å². The van der Waals surface area contributed by atoms with Crippen LogP contribution >= 0.6 is 0 Å². The lowest BCUT2D eigenvalue weighted by atomic mass is 9.84. The van der Waals surface area contributed by atoms with Gasteiger partial charge < -0.3 is 38.3 Å². The molecule has 9 heteroatoms. The molecule has 2 aromatic carbocycles. The van der Waals surface area contributed by atoms with E-state index in [-0.39, 0.29) is 36.3 Å². The third kappa shape index (κ3) is 5.25. The van der Waals surface area contributed by atoms with Crippen molar-refractivity contribution in [3.8, 4) is 28.7 Å². The molecule has 5 aliphatic rings. The third-order valence-electron chi connectivity index (χ3n) is 8.99. The number of aliphatic hydroxyl groups is 1. The molecule has 2 fully saturated rings. The number of methoxy groups -OCH3 is 3. The highest BCUT2D eigenvalue weighted by Crippen LogP contribution is 2.50. The maximum atomic E-state index is 11.7. The minimum absolute atomic E-state index is 0.0298. The first-order chi connectivity index (χ1) is 20.6. The molecule has 7 rings (SSSR count). The van der Waals surface area contributed by atoms with Gasteiger partial charge in [-0.3, -0.25) is 0 Å². The maximum absolute atomic E-state index is 11.7. The highest BCUT2D eigenvalue weighted by Gasteiger charge is 2.61. The molecule has 9 nitrogen and oxygen atoms in total. The van der Waals surface area contributed by atoms with Gasteiger partial charge in [0.1, 0.15) is 29.5 Å². The monoisotopic (exact) mass is 590 g/mol. The van der Waals surface area contributed by atoms with Gasteiger partial charge in [-0.2, -0.15) is 0 Å². The number of fused-ring (bicyclic) bond motifs is 7. The van der Waals surface area contributed by atoms with Crippen molar-refractivity contribution in [2.45, 2.75) is 63.1 Å². The minimum atomic E-state index is -1.58. The Bertz CT molecular complexity index is 1520. The van der Waals surface area contributed by atoms with E-state index in [1.807, 2.05) is 18.2 Å². The van der Waals surface area contributed by atoms with Crippen molar-refractivity contribution in [3.05, 3.63) is 65.3 Å². The fourth-order valence-corrected chi connectivity index (χ4v) is 6.32. The van der Waals surface area contributed by atoms with Crippen LogP contribution in [0.1, 0.15) is 50.7 Å². The summed E-state index contributed by atoms with van der Waals surface area (Å²) in [6, 6.07) is 9.00. The van der Waals surface area contributed by atoms with Crippen molar-refractivity contribution in [1.82, 2.24) is 0 Å². The van der Waals surface area contributed by atoms with Crippen LogP contribution in [0.4, 0.5) is 0 Å². The van der Waals surface area contributed by atoms with Crippen molar-refractivity contribution >= 4 is 17.6 Å². The standard InChI is InChI=1S/C19H18O6.C15H20O3/c1-21-12-5-4-11-6-14-13-8-17(22-2)18(23-3)9-16(13)24-10-19(14,20)25-15(11)7-12;1-9-5-4-8-15(3)13(18-15)12-11(7-6-9)10(2)14(16)17-12/h4-9,20H,10H2,1-3H3;5,11-13H,2,4,6-8H2,1,3H3. The molecule has 4 aliphatic heterocycles. The van der Waals surface area contributed by atoms with Crippen molar-refractivity contribution < 1.29 is 43.1 Å². The topological polar surface area (TPSA) is 105 Å². The zero-order chi connectivity index (χ0) is 30.5. The zero-order valence-corrected chi connectivity index (χ0v) is 25.2. The van der Waals surface area contributed by atoms with Crippen LogP contribution < -0.4 is 23.7 Å². The third-order valence-corrected chi connectivity index (χ3v) is 8.99. The second kappa shape index (κ2) is 11.0. The number of benzene rings is 2. The lowest BCUT2D eigenvalue weighted by molar-refractivity contribution is -0.140. The molecule has 1 N–H and O–H groups in total. The Kier molecular flexibility index (Phi) is 7.42. The molecule has 0 aromatic heterocycles. The van der Waals surface area contributed by atoms with E-state index >= 15 is 0 Å². The first kappa shape index (κ1) is 29.1. The molecule has 43 heavy (non-hydrogen) atoms. The first-order valence-corrected chi connectivity index (χ1v) is 14.5. The second-order valence-electron chi connectivity index (χ2n) is 11.8. The average Bonchev–Trinajstić information content (AvgIpc) is 3.59. The van der Waals surface area contributed by atoms with Gasteiger partial charge in [0.15, 0.2) is 18.1 Å². The molecule has 0 amide bonds. The van der Waals surface area contributed by atoms with Gasteiger partial charge in [0, 0.05) is 40.3 Å². The number of carbonyl (C=O) groups excluding carboxylic acids is 1. The summed E-state index contributed by atoms with van der Waals surface area (Å²) in [7, 11) is 4.71. The smallest absolute Gasteiger partial charge is 0.334 e. The van der Waals surface area contributed by atoms with E-state index in [9.17, 15) is 9.90 Å². The lowest BCUT2D eigenvalue weighted by Gasteiger charge is -2.39. The Morgan fingerprint density at radius 1 is 1.05 bits per heavy atom. The molecule has 0 saturated carbocycles. The minimum Gasteiger partial charge on any atom is -0.497 e. The molecule has 0 bridgehead atoms. The number of hydrogen-bond donors (Lipinski definition) is 1. The number of ether oxygens (including phenoxy) is 7. The van der Waals surface area contributed by atoms with E-state index in [1.165, 1.54) is 5.57 Å². The first-order valence-electron chi connectivity index (χ1n) is 14.5. The van der Waals surface area contributed by atoms with Crippen molar-refractivity contribution in [2.24, 2.45) is 5.92 Å². The highest BCUT2D eigenvalue weighted by molar-refractivity contribution is 5.92. The van der Waals surface area contributed by atoms with Gasteiger partial charge >= 0.3 is 5.97 Å². The van der Waals surface area contributed by atoms with Crippen LogP contribution in [-0.2, 0) is 14.3 Å². The van der Waals surface area contributed by atoms with Gasteiger partial charge in [0.25, 0.3) is 5.79 Å². The van der Waals surface area contributed by atoms with Crippen LogP contribution in [-0.4, -0.2) is 62.6 Å². The average molecular weight is 591 g/mol. The summed E-state index contributed by atoms with van der Waals surface area (Å²) in [4.78, 5) is 11.7. The maximum Gasteiger partial charge on any atom is 0.334 e. The van der Waals surface area contributed by atoms with Crippen molar-refractivity contribution in [1.29, 1.82) is 0 Å².